The van der Waals surface area contributed by atoms with E-state index in [0.29, 0.717) is 11.8 Å². The van der Waals surface area contributed by atoms with E-state index in [-0.39, 0.29) is 11.2 Å². The Kier molecular flexibility index (Phi) is 3.07. The molecule has 1 heterocycles. The fraction of sp³-hybridized carbons (Fsp3) is 0.857. The molecule has 1 aliphatic heterocycles. The van der Waals surface area contributed by atoms with E-state index in [9.17, 15) is 4.79 Å². The Balaban J connectivity index is 2.64. The summed E-state index contributed by atoms with van der Waals surface area (Å²) in [5.41, 5.74) is 0. The lowest BCUT2D eigenvalue weighted by molar-refractivity contribution is -0.126. The first-order valence-corrected chi connectivity index (χ1v) is 5.36. The van der Waals surface area contributed by atoms with Crippen LogP contribution in [0, 0.1) is 5.92 Å². The van der Waals surface area contributed by atoms with Gasteiger partial charge in [0.15, 0.2) is 0 Å². The third-order valence-corrected chi connectivity index (χ3v) is 3.50. The molecule has 0 aromatic rings. The molecule has 2 nitrogen and oxygen atoms in total. The van der Waals surface area contributed by atoms with E-state index < -0.39 is 0 Å². The van der Waals surface area contributed by atoms with E-state index in [1.54, 1.807) is 16.7 Å². The molecule has 0 unspecified atom stereocenters. The Hall–Kier alpha value is 0.110. The van der Waals surface area contributed by atoms with Gasteiger partial charge in [-0.1, -0.05) is 0 Å². The highest BCUT2D eigenvalue weighted by molar-refractivity contribution is 7.99. The third kappa shape index (κ3) is 1.64. The Morgan fingerprint density at radius 1 is 1.82 bits per heavy atom. The first kappa shape index (κ1) is 9.20. The van der Waals surface area contributed by atoms with Crippen LogP contribution in [0.25, 0.3) is 0 Å². The minimum absolute atomic E-state index is 0.0949. The van der Waals surface area contributed by atoms with Crippen LogP contribution in [0.2, 0.25) is 0 Å². The van der Waals surface area contributed by atoms with Crippen LogP contribution in [0.1, 0.15) is 0 Å². The number of thioether (sulfide) groups is 1. The molecule has 0 aliphatic carbocycles. The standard InChI is InChI=1S/C7H12ClNOS/c1-9-4-5(3-8)6(11-2)7(9)10/h5-6H,3-4H2,1-2H3/t5-,6-/m1/s1. The number of hydrogen-bond donors (Lipinski definition) is 0. The van der Waals surface area contributed by atoms with Crippen molar-refractivity contribution < 1.29 is 4.79 Å². The van der Waals surface area contributed by atoms with Gasteiger partial charge < -0.3 is 4.90 Å². The predicted molar refractivity (Wildman–Crippen MR) is 49.2 cm³/mol. The normalized spacial score (nSPS) is 31.5. The van der Waals surface area contributed by atoms with Gasteiger partial charge in [0.2, 0.25) is 5.91 Å². The van der Waals surface area contributed by atoms with Crippen LogP contribution in [0.4, 0.5) is 0 Å². The summed E-state index contributed by atoms with van der Waals surface area (Å²) < 4.78 is 0. The molecule has 0 radical (unpaired) electrons. The summed E-state index contributed by atoms with van der Waals surface area (Å²) in [4.78, 5) is 13.1. The van der Waals surface area contributed by atoms with Crippen molar-refractivity contribution in [3.8, 4) is 0 Å². The van der Waals surface area contributed by atoms with Crippen LogP contribution < -0.4 is 0 Å². The summed E-state index contributed by atoms with van der Waals surface area (Å²) in [6.07, 6.45) is 1.96. The number of carbonyl (C=O) groups is 1. The topological polar surface area (TPSA) is 20.3 Å². The van der Waals surface area contributed by atoms with Crippen LogP contribution in [-0.2, 0) is 4.79 Å². The number of halogens is 1. The molecule has 1 amide bonds. The van der Waals surface area contributed by atoms with Crippen LogP contribution in [0.3, 0.4) is 0 Å². The van der Waals surface area contributed by atoms with Crippen LogP contribution >= 0.6 is 23.4 Å². The van der Waals surface area contributed by atoms with Crippen molar-refractivity contribution in [3.05, 3.63) is 0 Å². The second kappa shape index (κ2) is 3.68. The fourth-order valence-electron chi connectivity index (χ4n) is 1.38. The second-order valence-electron chi connectivity index (χ2n) is 2.79. The first-order valence-electron chi connectivity index (χ1n) is 3.54. The molecule has 11 heavy (non-hydrogen) atoms. The molecular formula is C7H12ClNOS. The van der Waals surface area contributed by atoms with E-state index in [4.69, 9.17) is 11.6 Å². The highest BCUT2D eigenvalue weighted by atomic mass is 35.5. The molecule has 1 saturated heterocycles. The zero-order valence-electron chi connectivity index (χ0n) is 6.71. The van der Waals surface area contributed by atoms with Gasteiger partial charge in [0.1, 0.15) is 0 Å². The van der Waals surface area contributed by atoms with E-state index in [0.717, 1.165) is 6.54 Å². The van der Waals surface area contributed by atoms with Gasteiger partial charge >= 0.3 is 0 Å². The molecule has 0 spiro atoms. The van der Waals surface area contributed by atoms with Crippen LogP contribution in [0.5, 0.6) is 0 Å². The number of nitrogens with zero attached hydrogens (tertiary/aromatic N) is 1. The average molecular weight is 194 g/mol. The van der Waals surface area contributed by atoms with Crippen molar-refractivity contribution in [1.29, 1.82) is 0 Å². The largest absolute Gasteiger partial charge is 0.344 e. The van der Waals surface area contributed by atoms with Crippen molar-refractivity contribution >= 4 is 29.3 Å². The summed E-state index contributed by atoms with van der Waals surface area (Å²) in [6, 6.07) is 0. The molecule has 2 atom stereocenters. The van der Waals surface area contributed by atoms with Gasteiger partial charge in [0.25, 0.3) is 0 Å². The average Bonchev–Trinajstić information content (AvgIpc) is 2.28. The quantitative estimate of drug-likeness (QED) is 0.611. The van der Waals surface area contributed by atoms with Crippen molar-refractivity contribution in [2.75, 3.05) is 25.7 Å². The maximum Gasteiger partial charge on any atom is 0.235 e. The molecule has 0 saturated carbocycles. The highest BCUT2D eigenvalue weighted by Crippen LogP contribution is 2.27. The third-order valence-electron chi connectivity index (χ3n) is 2.01. The first-order chi connectivity index (χ1) is 5.20. The van der Waals surface area contributed by atoms with Gasteiger partial charge in [-0.25, -0.2) is 0 Å². The number of alkyl halides is 1. The lowest BCUT2D eigenvalue weighted by atomic mass is 10.1. The second-order valence-corrected chi connectivity index (χ2v) is 4.08. The summed E-state index contributed by atoms with van der Waals surface area (Å²) >= 11 is 7.32. The van der Waals surface area contributed by atoms with Crippen LogP contribution in [-0.4, -0.2) is 41.8 Å². The lowest BCUT2D eigenvalue weighted by Crippen LogP contribution is -2.24. The predicted octanol–water partition coefficient (Wildman–Crippen LogP) is 1.04. The number of amides is 1. The van der Waals surface area contributed by atoms with Gasteiger partial charge in [-0.2, -0.15) is 11.8 Å². The maximum atomic E-state index is 11.4. The van der Waals surface area contributed by atoms with Gasteiger partial charge in [-0.3, -0.25) is 4.79 Å². The van der Waals surface area contributed by atoms with E-state index in [1.807, 2.05) is 13.3 Å². The Labute approximate surface area is 76.3 Å². The molecular weight excluding hydrogens is 182 g/mol. The number of likely N-dealkylation sites (tertiary alicyclic amines) is 1. The molecule has 64 valence electrons. The number of carbonyl (C=O) groups excluding carboxylic acids is 1. The van der Waals surface area contributed by atoms with Gasteiger partial charge in [-0.05, 0) is 6.26 Å². The van der Waals surface area contributed by atoms with E-state index in [1.165, 1.54) is 0 Å². The van der Waals surface area contributed by atoms with Crippen molar-refractivity contribution in [1.82, 2.24) is 4.90 Å². The van der Waals surface area contributed by atoms with Crippen LogP contribution in [0.15, 0.2) is 0 Å². The SMILES string of the molecule is CS[C@H]1C(=O)N(C)C[C@H]1CCl. The fourth-order valence-corrected chi connectivity index (χ4v) is 2.71. The summed E-state index contributed by atoms with van der Waals surface area (Å²) in [5, 5.41) is 0.0949. The van der Waals surface area contributed by atoms with Gasteiger partial charge in [-0.15, -0.1) is 11.6 Å². The zero-order valence-corrected chi connectivity index (χ0v) is 8.28. The molecule has 1 rings (SSSR count). The molecule has 1 fully saturated rings. The van der Waals surface area contributed by atoms with Crippen molar-refractivity contribution in [3.63, 3.8) is 0 Å². The Bertz CT molecular complexity index is 165. The molecule has 4 heteroatoms. The molecule has 0 aromatic carbocycles. The summed E-state index contributed by atoms with van der Waals surface area (Å²) in [6.45, 7) is 0.813. The Morgan fingerprint density at radius 3 is 2.82 bits per heavy atom. The smallest absolute Gasteiger partial charge is 0.235 e. The lowest BCUT2D eigenvalue weighted by Gasteiger charge is -2.09. The number of hydrogen-bond acceptors (Lipinski definition) is 2. The summed E-state index contributed by atoms with van der Waals surface area (Å²) in [7, 11) is 1.83. The number of rotatable bonds is 2. The minimum atomic E-state index is 0.0949. The van der Waals surface area contributed by atoms with Gasteiger partial charge in [0, 0.05) is 25.4 Å². The molecule has 0 bridgehead atoms. The van der Waals surface area contributed by atoms with Crippen molar-refractivity contribution in [2.24, 2.45) is 5.92 Å². The zero-order chi connectivity index (χ0) is 8.43. The van der Waals surface area contributed by atoms with Gasteiger partial charge in [0.05, 0.1) is 5.25 Å². The maximum absolute atomic E-state index is 11.4. The van der Waals surface area contributed by atoms with E-state index >= 15 is 0 Å². The molecule has 0 N–H and O–H groups in total. The monoisotopic (exact) mass is 193 g/mol. The van der Waals surface area contributed by atoms with Crippen molar-refractivity contribution in [2.45, 2.75) is 5.25 Å². The highest BCUT2D eigenvalue weighted by Gasteiger charge is 2.37. The molecule has 0 aromatic heterocycles. The van der Waals surface area contributed by atoms with E-state index in [2.05, 4.69) is 0 Å². The minimum Gasteiger partial charge on any atom is -0.344 e. The summed E-state index contributed by atoms with van der Waals surface area (Å²) in [5.74, 6) is 1.15. The Morgan fingerprint density at radius 2 is 2.45 bits per heavy atom. The molecule has 1 aliphatic rings.